The van der Waals surface area contributed by atoms with E-state index in [1.54, 1.807) is 18.5 Å². The minimum atomic E-state index is -0.137. The fraction of sp³-hybridized carbons (Fsp3) is 0.333. The van der Waals surface area contributed by atoms with E-state index >= 15 is 0 Å². The number of para-hydroxylation sites is 1. The molecule has 0 fully saturated rings. The topological polar surface area (TPSA) is 67.8 Å². The normalized spacial score (nSPS) is 11.2. The molecule has 0 aliphatic heterocycles. The molecule has 0 atom stereocenters. The van der Waals surface area contributed by atoms with Crippen LogP contribution in [0, 0.1) is 6.92 Å². The third-order valence-electron chi connectivity index (χ3n) is 4.37. The minimum absolute atomic E-state index is 0.137. The molecule has 2 aromatic heterocycles. The summed E-state index contributed by atoms with van der Waals surface area (Å²) in [5, 5.41) is 3.81. The van der Waals surface area contributed by atoms with Gasteiger partial charge < -0.3 is 5.32 Å². The summed E-state index contributed by atoms with van der Waals surface area (Å²) in [4.78, 5) is 26.6. The summed E-state index contributed by atoms with van der Waals surface area (Å²) in [6, 6.07) is 7.97. The van der Waals surface area contributed by atoms with Crippen LogP contribution in [0.1, 0.15) is 66.0 Å². The smallest absolute Gasteiger partial charge is 0.267 e. The number of nitrogens with zero attached hydrogens (tertiary/aromatic N) is 3. The number of hydrogen-bond acceptors (Lipinski definition) is 5. The first-order valence-corrected chi connectivity index (χ1v) is 9.89. The van der Waals surface area contributed by atoms with E-state index in [4.69, 9.17) is 0 Å². The van der Waals surface area contributed by atoms with Crippen LogP contribution in [0.5, 0.6) is 0 Å². The first kappa shape index (κ1) is 19.2. The average molecular weight is 381 g/mol. The zero-order valence-electron chi connectivity index (χ0n) is 16.3. The summed E-state index contributed by atoms with van der Waals surface area (Å²) < 4.78 is 0. The Morgan fingerprint density at radius 1 is 1.00 bits per heavy atom. The van der Waals surface area contributed by atoms with Crippen molar-refractivity contribution in [2.45, 2.75) is 46.5 Å². The van der Waals surface area contributed by atoms with Gasteiger partial charge in [0.05, 0.1) is 5.69 Å². The van der Waals surface area contributed by atoms with Gasteiger partial charge in [0.15, 0.2) is 10.8 Å². The van der Waals surface area contributed by atoms with E-state index in [2.05, 4.69) is 66.2 Å². The van der Waals surface area contributed by atoms with Gasteiger partial charge in [-0.05, 0) is 36.0 Å². The molecule has 1 aromatic carbocycles. The summed E-state index contributed by atoms with van der Waals surface area (Å²) in [7, 11) is 0. The molecule has 0 radical (unpaired) electrons. The van der Waals surface area contributed by atoms with E-state index in [0.717, 1.165) is 16.8 Å². The average Bonchev–Trinajstić information content (AvgIpc) is 3.04. The van der Waals surface area contributed by atoms with Gasteiger partial charge in [0.2, 0.25) is 0 Å². The molecule has 140 valence electrons. The number of carbonyl (C=O) groups is 1. The Balaban J connectivity index is 1.96. The summed E-state index contributed by atoms with van der Waals surface area (Å²) >= 11 is 1.32. The zero-order chi connectivity index (χ0) is 19.6. The van der Waals surface area contributed by atoms with Gasteiger partial charge in [0.25, 0.3) is 5.91 Å². The van der Waals surface area contributed by atoms with Crippen LogP contribution in [-0.4, -0.2) is 20.9 Å². The van der Waals surface area contributed by atoms with Crippen molar-refractivity contribution >= 4 is 22.9 Å². The van der Waals surface area contributed by atoms with Crippen molar-refractivity contribution in [2.75, 3.05) is 5.32 Å². The number of anilines is 1. The molecular weight excluding hydrogens is 356 g/mol. The Hall–Kier alpha value is -2.60. The summed E-state index contributed by atoms with van der Waals surface area (Å²) in [6.45, 7) is 10.4. The van der Waals surface area contributed by atoms with Gasteiger partial charge >= 0.3 is 0 Å². The molecule has 3 aromatic rings. The van der Waals surface area contributed by atoms with Crippen LogP contribution in [0.3, 0.4) is 0 Å². The molecule has 0 spiro atoms. The third-order valence-corrected chi connectivity index (χ3v) is 5.52. The zero-order valence-corrected chi connectivity index (χ0v) is 17.1. The Bertz CT molecular complexity index is 922. The molecule has 0 saturated heterocycles. The lowest BCUT2D eigenvalue weighted by Crippen LogP contribution is -2.15. The predicted octanol–water partition coefficient (Wildman–Crippen LogP) is 5.41. The molecular formula is C21H24N4OS. The predicted molar refractivity (Wildman–Crippen MR) is 110 cm³/mol. The number of hydrogen-bond donors (Lipinski definition) is 1. The molecule has 6 heteroatoms. The van der Waals surface area contributed by atoms with Crippen molar-refractivity contribution in [1.29, 1.82) is 0 Å². The van der Waals surface area contributed by atoms with Crippen molar-refractivity contribution in [3.8, 4) is 10.8 Å². The van der Waals surface area contributed by atoms with Crippen LogP contribution in [0.15, 0.2) is 36.7 Å². The van der Waals surface area contributed by atoms with Crippen LogP contribution in [0.4, 0.5) is 5.69 Å². The second-order valence-corrected chi connectivity index (χ2v) is 8.08. The summed E-state index contributed by atoms with van der Waals surface area (Å²) in [6.07, 6.45) is 3.35. The van der Waals surface area contributed by atoms with E-state index in [9.17, 15) is 4.79 Å². The number of amides is 1. The highest BCUT2D eigenvalue weighted by Gasteiger charge is 2.21. The molecule has 0 saturated carbocycles. The van der Waals surface area contributed by atoms with Gasteiger partial charge in [-0.15, -0.1) is 11.3 Å². The number of carbonyl (C=O) groups excluding carboxylic acids is 1. The molecule has 0 bridgehead atoms. The second-order valence-electron chi connectivity index (χ2n) is 7.08. The lowest BCUT2D eigenvalue weighted by molar-refractivity contribution is 0.102. The molecule has 1 amide bonds. The lowest BCUT2D eigenvalue weighted by atomic mass is 9.92. The van der Waals surface area contributed by atoms with Gasteiger partial charge in [-0.3, -0.25) is 4.79 Å². The molecule has 3 rings (SSSR count). The van der Waals surface area contributed by atoms with E-state index in [1.807, 2.05) is 6.92 Å². The molecule has 27 heavy (non-hydrogen) atoms. The van der Waals surface area contributed by atoms with Crippen LogP contribution in [0.25, 0.3) is 10.8 Å². The van der Waals surface area contributed by atoms with E-state index in [1.165, 1.54) is 11.3 Å². The fourth-order valence-electron chi connectivity index (χ4n) is 2.98. The molecule has 0 aliphatic carbocycles. The van der Waals surface area contributed by atoms with Crippen molar-refractivity contribution in [3.05, 3.63) is 58.4 Å². The Morgan fingerprint density at radius 2 is 1.59 bits per heavy atom. The van der Waals surface area contributed by atoms with E-state index < -0.39 is 0 Å². The molecule has 5 nitrogen and oxygen atoms in total. The maximum atomic E-state index is 13.0. The van der Waals surface area contributed by atoms with Gasteiger partial charge in [-0.2, -0.15) is 0 Å². The van der Waals surface area contributed by atoms with Crippen molar-refractivity contribution < 1.29 is 4.79 Å². The van der Waals surface area contributed by atoms with Gasteiger partial charge in [-0.1, -0.05) is 45.9 Å². The number of thiazole rings is 1. The Kier molecular flexibility index (Phi) is 5.65. The summed E-state index contributed by atoms with van der Waals surface area (Å²) in [5.41, 5.74) is 3.89. The maximum absolute atomic E-state index is 13.0. The standard InChI is InChI=1S/C21H24N4OS/c1-12(2)15-8-6-9-16(13(3)4)17(15)25-20(26)18-14(5)24-21(27-18)19-22-10-7-11-23-19/h6-13H,1-5H3,(H,25,26). The Morgan fingerprint density at radius 3 is 2.15 bits per heavy atom. The Labute approximate surface area is 163 Å². The van der Waals surface area contributed by atoms with Crippen LogP contribution >= 0.6 is 11.3 Å². The lowest BCUT2D eigenvalue weighted by Gasteiger charge is -2.20. The number of aromatic nitrogens is 3. The van der Waals surface area contributed by atoms with Crippen LogP contribution in [0.2, 0.25) is 0 Å². The van der Waals surface area contributed by atoms with Gasteiger partial charge in [-0.25, -0.2) is 15.0 Å². The third kappa shape index (κ3) is 4.06. The monoisotopic (exact) mass is 380 g/mol. The fourth-order valence-corrected chi connectivity index (χ4v) is 3.89. The number of nitrogens with one attached hydrogen (secondary N) is 1. The highest BCUT2D eigenvalue weighted by molar-refractivity contribution is 7.17. The number of aryl methyl sites for hydroxylation is 1. The van der Waals surface area contributed by atoms with E-state index in [-0.39, 0.29) is 5.91 Å². The molecule has 1 N–H and O–H groups in total. The van der Waals surface area contributed by atoms with Crippen molar-refractivity contribution in [2.24, 2.45) is 0 Å². The van der Waals surface area contributed by atoms with Gasteiger partial charge in [0, 0.05) is 18.1 Å². The first-order chi connectivity index (χ1) is 12.9. The van der Waals surface area contributed by atoms with E-state index in [0.29, 0.717) is 33.2 Å². The largest absolute Gasteiger partial charge is 0.321 e. The highest BCUT2D eigenvalue weighted by Crippen LogP contribution is 2.33. The van der Waals surface area contributed by atoms with Crippen LogP contribution < -0.4 is 5.32 Å². The molecule has 0 unspecified atom stereocenters. The number of rotatable bonds is 5. The quantitative estimate of drug-likeness (QED) is 0.643. The highest BCUT2D eigenvalue weighted by atomic mass is 32.1. The van der Waals surface area contributed by atoms with Crippen molar-refractivity contribution in [1.82, 2.24) is 15.0 Å². The number of benzene rings is 1. The second kappa shape index (κ2) is 7.96. The van der Waals surface area contributed by atoms with Crippen LogP contribution in [-0.2, 0) is 0 Å². The SMILES string of the molecule is Cc1nc(-c2ncccn2)sc1C(=O)Nc1c(C(C)C)cccc1C(C)C. The summed E-state index contributed by atoms with van der Waals surface area (Å²) in [5.74, 6) is 1.03. The van der Waals surface area contributed by atoms with Gasteiger partial charge in [0.1, 0.15) is 4.88 Å². The molecule has 0 aliphatic rings. The maximum Gasteiger partial charge on any atom is 0.267 e. The van der Waals surface area contributed by atoms with Crippen molar-refractivity contribution in [3.63, 3.8) is 0 Å². The minimum Gasteiger partial charge on any atom is -0.321 e. The molecule has 2 heterocycles. The first-order valence-electron chi connectivity index (χ1n) is 9.07.